The van der Waals surface area contributed by atoms with E-state index in [1.807, 2.05) is 24.3 Å². The van der Waals surface area contributed by atoms with Gasteiger partial charge in [-0.05, 0) is 29.3 Å². The van der Waals surface area contributed by atoms with Crippen molar-refractivity contribution in [1.29, 1.82) is 0 Å². The molecule has 0 spiro atoms. The number of benzene rings is 2. The lowest BCUT2D eigenvalue weighted by atomic mass is 10.1. The third kappa shape index (κ3) is 2.96. The largest absolute Gasteiger partial charge is 0.358 e. The molecule has 0 bridgehead atoms. The highest BCUT2D eigenvalue weighted by Crippen LogP contribution is 2.30. The number of carbonyl (C=O) groups is 1. The van der Waals surface area contributed by atoms with Gasteiger partial charge in [0.15, 0.2) is 0 Å². The van der Waals surface area contributed by atoms with Gasteiger partial charge in [0.25, 0.3) is 0 Å². The van der Waals surface area contributed by atoms with Crippen LogP contribution in [-0.2, 0) is 14.8 Å². The van der Waals surface area contributed by atoms with Gasteiger partial charge in [0, 0.05) is 18.8 Å². The number of thiol groups is 1. The molecule has 122 valence electrons. The van der Waals surface area contributed by atoms with E-state index in [0.29, 0.717) is 6.42 Å². The predicted molar refractivity (Wildman–Crippen MR) is 93.1 cm³/mol. The number of likely N-dealkylation sites (N-methyl/N-ethyl adjacent to an activating group) is 1. The fourth-order valence-corrected chi connectivity index (χ4v) is 5.08. The van der Waals surface area contributed by atoms with E-state index in [0.717, 1.165) is 10.8 Å². The van der Waals surface area contributed by atoms with E-state index in [1.165, 1.54) is 11.4 Å². The highest BCUT2D eigenvalue weighted by molar-refractivity contribution is 7.89. The lowest BCUT2D eigenvalue weighted by Gasteiger charge is -2.22. The Labute approximate surface area is 141 Å². The van der Waals surface area contributed by atoms with Gasteiger partial charge in [0.05, 0.1) is 4.90 Å². The Balaban J connectivity index is 2.03. The van der Waals surface area contributed by atoms with Gasteiger partial charge in [-0.2, -0.15) is 16.9 Å². The van der Waals surface area contributed by atoms with Crippen LogP contribution in [0.5, 0.6) is 0 Å². The number of hydrogen-bond donors (Lipinski definition) is 2. The minimum Gasteiger partial charge on any atom is -0.358 e. The number of hydrogen-bond acceptors (Lipinski definition) is 4. The molecule has 3 rings (SSSR count). The number of fused-ring (bicyclic) bond motifs is 1. The van der Waals surface area contributed by atoms with E-state index in [-0.39, 0.29) is 22.6 Å². The third-order valence-corrected chi connectivity index (χ3v) is 6.36. The quantitative estimate of drug-likeness (QED) is 0.827. The van der Waals surface area contributed by atoms with Crippen molar-refractivity contribution < 1.29 is 13.2 Å². The summed E-state index contributed by atoms with van der Waals surface area (Å²) in [5.41, 5.74) is 0. The maximum Gasteiger partial charge on any atom is 0.243 e. The molecule has 0 saturated carbocycles. The molecule has 1 aliphatic rings. The summed E-state index contributed by atoms with van der Waals surface area (Å²) < 4.78 is 27.2. The van der Waals surface area contributed by atoms with Crippen LogP contribution in [0.3, 0.4) is 0 Å². The minimum absolute atomic E-state index is 0.146. The zero-order valence-electron chi connectivity index (χ0n) is 12.6. The van der Waals surface area contributed by atoms with Crippen molar-refractivity contribution in [2.45, 2.75) is 22.6 Å². The van der Waals surface area contributed by atoms with Crippen LogP contribution in [0.4, 0.5) is 0 Å². The van der Waals surface area contributed by atoms with Gasteiger partial charge in [0.2, 0.25) is 15.9 Å². The number of rotatable bonds is 3. The standard InChI is InChI=1S/C16H18N2O3S2/c1-17-16(19)15-9-13(22)10-18(15)23(20,21)14-7-6-11-4-2-3-5-12(11)8-14/h2-8,13,15,22H,9-10H2,1H3,(H,17,19). The van der Waals surface area contributed by atoms with Gasteiger partial charge in [-0.25, -0.2) is 8.42 Å². The van der Waals surface area contributed by atoms with Crippen molar-refractivity contribution in [2.24, 2.45) is 0 Å². The highest BCUT2D eigenvalue weighted by atomic mass is 32.2. The van der Waals surface area contributed by atoms with E-state index >= 15 is 0 Å². The fourth-order valence-electron chi connectivity index (χ4n) is 2.92. The predicted octanol–water partition coefficient (Wildman–Crippen LogP) is 1.65. The molecule has 0 aromatic heterocycles. The molecule has 2 aromatic rings. The SMILES string of the molecule is CNC(=O)C1CC(S)CN1S(=O)(=O)c1ccc2ccccc2c1. The molecule has 1 aliphatic heterocycles. The molecule has 1 saturated heterocycles. The van der Waals surface area contributed by atoms with Crippen molar-refractivity contribution in [2.75, 3.05) is 13.6 Å². The molecule has 1 amide bonds. The summed E-state index contributed by atoms with van der Waals surface area (Å²) in [5, 5.41) is 4.21. The Hall–Kier alpha value is -1.57. The van der Waals surface area contributed by atoms with Gasteiger partial charge < -0.3 is 5.32 Å². The molecule has 0 radical (unpaired) electrons. The number of nitrogens with zero attached hydrogens (tertiary/aromatic N) is 1. The van der Waals surface area contributed by atoms with E-state index in [9.17, 15) is 13.2 Å². The number of carbonyl (C=O) groups excluding carboxylic acids is 1. The van der Waals surface area contributed by atoms with E-state index in [1.54, 1.807) is 18.2 Å². The number of nitrogens with one attached hydrogen (secondary N) is 1. The normalized spacial score (nSPS) is 22.3. The van der Waals surface area contributed by atoms with Gasteiger partial charge in [-0.1, -0.05) is 30.3 Å². The number of sulfonamides is 1. The lowest BCUT2D eigenvalue weighted by Crippen LogP contribution is -2.44. The molecule has 5 nitrogen and oxygen atoms in total. The molecule has 0 aliphatic carbocycles. The molecule has 2 aromatic carbocycles. The topological polar surface area (TPSA) is 66.5 Å². The first-order valence-electron chi connectivity index (χ1n) is 7.34. The molecule has 1 fully saturated rings. The molecule has 23 heavy (non-hydrogen) atoms. The second-order valence-corrected chi connectivity index (χ2v) is 8.22. The zero-order valence-corrected chi connectivity index (χ0v) is 14.3. The van der Waals surface area contributed by atoms with Crippen LogP contribution >= 0.6 is 12.6 Å². The van der Waals surface area contributed by atoms with Crippen LogP contribution in [0.25, 0.3) is 10.8 Å². The van der Waals surface area contributed by atoms with Crippen LogP contribution in [-0.4, -0.2) is 43.5 Å². The van der Waals surface area contributed by atoms with Crippen LogP contribution in [0, 0.1) is 0 Å². The van der Waals surface area contributed by atoms with E-state index in [2.05, 4.69) is 17.9 Å². The molecular formula is C16H18N2O3S2. The van der Waals surface area contributed by atoms with Gasteiger partial charge in [-0.15, -0.1) is 0 Å². The van der Waals surface area contributed by atoms with Gasteiger partial charge >= 0.3 is 0 Å². The van der Waals surface area contributed by atoms with Crippen LogP contribution in [0.15, 0.2) is 47.4 Å². The van der Waals surface area contributed by atoms with E-state index < -0.39 is 16.1 Å². The van der Waals surface area contributed by atoms with E-state index in [4.69, 9.17) is 0 Å². The maximum atomic E-state index is 13.0. The van der Waals surface area contributed by atoms with Gasteiger partial charge in [-0.3, -0.25) is 4.79 Å². The second-order valence-electron chi connectivity index (χ2n) is 5.60. The number of amides is 1. The molecular weight excluding hydrogens is 332 g/mol. The van der Waals surface area contributed by atoms with Crippen LogP contribution < -0.4 is 5.32 Å². The summed E-state index contributed by atoms with van der Waals surface area (Å²) >= 11 is 4.36. The molecule has 7 heteroatoms. The van der Waals surface area contributed by atoms with Crippen molar-refractivity contribution in [3.63, 3.8) is 0 Å². The molecule has 2 atom stereocenters. The highest BCUT2D eigenvalue weighted by Gasteiger charge is 2.42. The smallest absolute Gasteiger partial charge is 0.243 e. The van der Waals surface area contributed by atoms with Crippen molar-refractivity contribution in [1.82, 2.24) is 9.62 Å². The van der Waals surface area contributed by atoms with Crippen molar-refractivity contribution >= 4 is 39.3 Å². The Kier molecular flexibility index (Phi) is 4.35. The first kappa shape index (κ1) is 16.3. The minimum atomic E-state index is -3.74. The van der Waals surface area contributed by atoms with Crippen LogP contribution in [0.1, 0.15) is 6.42 Å². The van der Waals surface area contributed by atoms with Crippen LogP contribution in [0.2, 0.25) is 0 Å². The summed E-state index contributed by atoms with van der Waals surface area (Å²) in [4.78, 5) is 12.2. The first-order valence-corrected chi connectivity index (χ1v) is 9.29. The summed E-state index contributed by atoms with van der Waals surface area (Å²) in [6.07, 6.45) is 0.412. The molecule has 2 unspecified atom stereocenters. The summed E-state index contributed by atoms with van der Waals surface area (Å²) in [6, 6.07) is 11.9. The Morgan fingerprint density at radius 1 is 1.22 bits per heavy atom. The second kappa shape index (κ2) is 6.14. The summed E-state index contributed by atoms with van der Waals surface area (Å²) in [7, 11) is -2.23. The molecule has 1 heterocycles. The third-order valence-electron chi connectivity index (χ3n) is 4.11. The zero-order chi connectivity index (χ0) is 16.6. The first-order chi connectivity index (χ1) is 10.9. The molecule has 1 N–H and O–H groups in total. The fraction of sp³-hybridized carbons (Fsp3) is 0.312. The van der Waals surface area contributed by atoms with Crippen molar-refractivity contribution in [3.05, 3.63) is 42.5 Å². The average molecular weight is 350 g/mol. The van der Waals surface area contributed by atoms with Gasteiger partial charge in [0.1, 0.15) is 6.04 Å². The Morgan fingerprint density at radius 2 is 1.91 bits per heavy atom. The Morgan fingerprint density at radius 3 is 2.61 bits per heavy atom. The lowest BCUT2D eigenvalue weighted by molar-refractivity contribution is -0.123. The monoisotopic (exact) mass is 350 g/mol. The summed E-state index contributed by atoms with van der Waals surface area (Å²) in [6.45, 7) is 0.232. The average Bonchev–Trinajstić information content (AvgIpc) is 2.96. The van der Waals surface area contributed by atoms with Crippen molar-refractivity contribution in [3.8, 4) is 0 Å². The maximum absolute atomic E-state index is 13.0. The summed E-state index contributed by atoms with van der Waals surface area (Å²) in [5.74, 6) is -0.300. The Bertz CT molecular complexity index is 851.